The zero-order valence-electron chi connectivity index (χ0n) is 6.24. The predicted octanol–water partition coefficient (Wildman–Crippen LogP) is 2.86. The minimum atomic E-state index is -0.303. The van der Waals surface area contributed by atoms with Gasteiger partial charge in [0, 0.05) is 10.6 Å². The van der Waals surface area contributed by atoms with Gasteiger partial charge in [-0.15, -0.1) is 0 Å². The first-order valence-corrected chi connectivity index (χ1v) is 3.95. The van der Waals surface area contributed by atoms with Crippen LogP contribution >= 0.6 is 11.6 Å². The van der Waals surface area contributed by atoms with Crippen LogP contribution < -0.4 is 0 Å². The molecule has 0 spiro atoms. The van der Waals surface area contributed by atoms with Gasteiger partial charge in [0.25, 0.3) is 6.29 Å². The number of benzene rings is 1. The van der Waals surface area contributed by atoms with E-state index in [4.69, 9.17) is 21.1 Å². The molecule has 0 amide bonds. The minimum Gasteiger partial charge on any atom is -0.455 e. The molecule has 2 rings (SSSR count). The molecular formula is C9H7ClO2. The van der Waals surface area contributed by atoms with E-state index in [-0.39, 0.29) is 6.29 Å². The molecule has 3 heteroatoms. The van der Waals surface area contributed by atoms with Gasteiger partial charge in [0.05, 0.1) is 0 Å². The lowest BCUT2D eigenvalue weighted by Gasteiger charge is -2.09. The Hall–Kier alpha value is -1.15. The van der Waals surface area contributed by atoms with E-state index in [1.807, 2.05) is 24.3 Å². The summed E-state index contributed by atoms with van der Waals surface area (Å²) >= 11 is 5.72. The van der Waals surface area contributed by atoms with Crippen molar-refractivity contribution in [2.45, 2.75) is 6.29 Å². The summed E-state index contributed by atoms with van der Waals surface area (Å²) in [5, 5.41) is 0.713. The Morgan fingerprint density at radius 2 is 1.58 bits per heavy atom. The fraction of sp³-hybridized carbons (Fsp3) is 0.111. The van der Waals surface area contributed by atoms with Crippen molar-refractivity contribution in [2.75, 3.05) is 0 Å². The third-order valence-corrected chi connectivity index (χ3v) is 1.85. The average molecular weight is 183 g/mol. The molecule has 62 valence electrons. The van der Waals surface area contributed by atoms with Gasteiger partial charge in [-0.3, -0.25) is 0 Å². The highest BCUT2D eigenvalue weighted by Crippen LogP contribution is 2.24. The van der Waals surface area contributed by atoms with Crippen molar-refractivity contribution in [3.05, 3.63) is 47.4 Å². The lowest BCUT2D eigenvalue weighted by Crippen LogP contribution is -1.96. The van der Waals surface area contributed by atoms with E-state index in [9.17, 15) is 0 Å². The lowest BCUT2D eigenvalue weighted by molar-refractivity contribution is -0.0245. The standard InChI is InChI=1S/C9H7ClO2/c10-8-3-1-7(2-4-8)9-11-5-6-12-9/h1-6,9H. The minimum absolute atomic E-state index is 0.303. The summed E-state index contributed by atoms with van der Waals surface area (Å²) in [7, 11) is 0. The van der Waals surface area contributed by atoms with Crippen molar-refractivity contribution in [3.8, 4) is 0 Å². The highest BCUT2D eigenvalue weighted by Gasteiger charge is 2.14. The molecule has 0 fully saturated rings. The van der Waals surface area contributed by atoms with E-state index in [0.29, 0.717) is 5.02 Å². The van der Waals surface area contributed by atoms with Gasteiger partial charge < -0.3 is 9.47 Å². The van der Waals surface area contributed by atoms with Crippen molar-refractivity contribution in [2.24, 2.45) is 0 Å². The quantitative estimate of drug-likeness (QED) is 0.665. The maximum absolute atomic E-state index is 5.72. The Bertz CT molecular complexity index is 284. The second-order valence-corrected chi connectivity index (χ2v) is 2.86. The van der Waals surface area contributed by atoms with E-state index < -0.39 is 0 Å². The highest BCUT2D eigenvalue weighted by molar-refractivity contribution is 6.30. The summed E-state index contributed by atoms with van der Waals surface area (Å²) in [6.07, 6.45) is 2.75. The first kappa shape index (κ1) is 7.50. The van der Waals surface area contributed by atoms with Crippen LogP contribution in [0.4, 0.5) is 0 Å². The van der Waals surface area contributed by atoms with Gasteiger partial charge in [0.1, 0.15) is 12.5 Å². The van der Waals surface area contributed by atoms with Crippen molar-refractivity contribution < 1.29 is 9.47 Å². The molecule has 2 nitrogen and oxygen atoms in total. The maximum Gasteiger partial charge on any atom is 0.266 e. The zero-order valence-corrected chi connectivity index (χ0v) is 6.99. The number of halogens is 1. The van der Waals surface area contributed by atoms with E-state index in [2.05, 4.69) is 0 Å². The average Bonchev–Trinajstić information content (AvgIpc) is 2.58. The van der Waals surface area contributed by atoms with Crippen LogP contribution in [0.5, 0.6) is 0 Å². The molecule has 1 aliphatic heterocycles. The fourth-order valence-corrected chi connectivity index (χ4v) is 1.14. The van der Waals surface area contributed by atoms with Crippen LogP contribution in [-0.2, 0) is 9.47 Å². The maximum atomic E-state index is 5.72. The van der Waals surface area contributed by atoms with Gasteiger partial charge in [-0.25, -0.2) is 0 Å². The molecule has 1 aromatic carbocycles. The molecule has 0 saturated carbocycles. The fourth-order valence-electron chi connectivity index (χ4n) is 1.02. The molecule has 0 saturated heterocycles. The molecule has 0 radical (unpaired) electrons. The predicted molar refractivity (Wildman–Crippen MR) is 45.5 cm³/mol. The number of hydrogen-bond donors (Lipinski definition) is 0. The number of rotatable bonds is 1. The third-order valence-electron chi connectivity index (χ3n) is 1.60. The highest BCUT2D eigenvalue weighted by atomic mass is 35.5. The van der Waals surface area contributed by atoms with Gasteiger partial charge in [-0.1, -0.05) is 23.7 Å². The first-order valence-electron chi connectivity index (χ1n) is 3.58. The Kier molecular flexibility index (Phi) is 1.92. The van der Waals surface area contributed by atoms with E-state index >= 15 is 0 Å². The van der Waals surface area contributed by atoms with Crippen LogP contribution in [0.2, 0.25) is 5.02 Å². The molecule has 0 atom stereocenters. The second kappa shape index (κ2) is 3.07. The molecule has 0 bridgehead atoms. The van der Waals surface area contributed by atoms with E-state index in [1.54, 1.807) is 0 Å². The van der Waals surface area contributed by atoms with Gasteiger partial charge >= 0.3 is 0 Å². The lowest BCUT2D eigenvalue weighted by atomic mass is 10.2. The van der Waals surface area contributed by atoms with Crippen molar-refractivity contribution >= 4 is 11.6 Å². The van der Waals surface area contributed by atoms with Crippen LogP contribution in [0.25, 0.3) is 0 Å². The van der Waals surface area contributed by atoms with Crippen molar-refractivity contribution in [1.29, 1.82) is 0 Å². The molecule has 1 aromatic rings. The summed E-state index contributed by atoms with van der Waals surface area (Å²) in [6.45, 7) is 0. The normalized spacial score (nSPS) is 15.8. The van der Waals surface area contributed by atoms with Crippen LogP contribution in [0.15, 0.2) is 36.8 Å². The summed E-state index contributed by atoms with van der Waals surface area (Å²) in [5.74, 6) is 0. The Labute approximate surface area is 75.4 Å². The third kappa shape index (κ3) is 1.38. The topological polar surface area (TPSA) is 18.5 Å². The molecule has 0 aromatic heterocycles. The van der Waals surface area contributed by atoms with Crippen LogP contribution in [0.3, 0.4) is 0 Å². The summed E-state index contributed by atoms with van der Waals surface area (Å²) in [4.78, 5) is 0. The molecule has 0 N–H and O–H groups in total. The molecule has 12 heavy (non-hydrogen) atoms. The summed E-state index contributed by atoms with van der Waals surface area (Å²) < 4.78 is 10.3. The molecular weight excluding hydrogens is 176 g/mol. The number of hydrogen-bond acceptors (Lipinski definition) is 2. The summed E-state index contributed by atoms with van der Waals surface area (Å²) in [5.41, 5.74) is 0.962. The molecule has 1 heterocycles. The molecule has 1 aliphatic rings. The van der Waals surface area contributed by atoms with Crippen molar-refractivity contribution in [3.63, 3.8) is 0 Å². The second-order valence-electron chi connectivity index (χ2n) is 2.43. The molecule has 0 aliphatic carbocycles. The van der Waals surface area contributed by atoms with Crippen LogP contribution in [-0.4, -0.2) is 0 Å². The smallest absolute Gasteiger partial charge is 0.266 e. The van der Waals surface area contributed by atoms with Gasteiger partial charge in [-0.2, -0.15) is 0 Å². The van der Waals surface area contributed by atoms with Crippen LogP contribution in [0.1, 0.15) is 11.9 Å². The first-order chi connectivity index (χ1) is 5.86. The Morgan fingerprint density at radius 3 is 2.17 bits per heavy atom. The van der Waals surface area contributed by atoms with E-state index in [0.717, 1.165) is 5.56 Å². The van der Waals surface area contributed by atoms with Crippen molar-refractivity contribution in [1.82, 2.24) is 0 Å². The van der Waals surface area contributed by atoms with Gasteiger partial charge in [0.15, 0.2) is 0 Å². The molecule has 0 unspecified atom stereocenters. The Balaban J connectivity index is 2.18. The SMILES string of the molecule is Clc1ccc(C2OC=CO2)cc1. The zero-order chi connectivity index (χ0) is 8.39. The van der Waals surface area contributed by atoms with Crippen LogP contribution in [0, 0.1) is 0 Å². The van der Waals surface area contributed by atoms with E-state index in [1.165, 1.54) is 12.5 Å². The Morgan fingerprint density at radius 1 is 1.00 bits per heavy atom. The van der Waals surface area contributed by atoms with Gasteiger partial charge in [0.2, 0.25) is 0 Å². The van der Waals surface area contributed by atoms with Gasteiger partial charge in [-0.05, 0) is 12.1 Å². The number of ether oxygens (including phenoxy) is 2. The monoisotopic (exact) mass is 182 g/mol. The largest absolute Gasteiger partial charge is 0.455 e. The summed E-state index contributed by atoms with van der Waals surface area (Å²) in [6, 6.07) is 7.36.